The van der Waals surface area contributed by atoms with Gasteiger partial charge >= 0.3 is 11.9 Å². The first-order valence-electron chi connectivity index (χ1n) is 10.5. The lowest BCUT2D eigenvalue weighted by Crippen LogP contribution is -2.16. The van der Waals surface area contributed by atoms with Crippen molar-refractivity contribution in [2.75, 3.05) is 24.3 Å². The Hall–Kier alpha value is -2.91. The van der Waals surface area contributed by atoms with E-state index in [2.05, 4.69) is 5.32 Å². The van der Waals surface area contributed by atoms with Gasteiger partial charge in [0, 0.05) is 5.39 Å². The van der Waals surface area contributed by atoms with Crippen LogP contribution in [0.15, 0.2) is 29.3 Å². The number of carbonyl (C=O) groups is 3. The Morgan fingerprint density at radius 3 is 2.42 bits per heavy atom. The second kappa shape index (κ2) is 10.8. The van der Waals surface area contributed by atoms with Gasteiger partial charge in [0.15, 0.2) is 0 Å². The van der Waals surface area contributed by atoms with E-state index >= 15 is 0 Å². The third-order valence-electron chi connectivity index (χ3n) is 4.92. The number of para-hydroxylation sites is 1. The molecule has 0 aliphatic rings. The number of ether oxygens (including phenoxy) is 2. The number of aryl methyl sites for hydroxylation is 2. The molecule has 1 amide bonds. The number of anilines is 1. The summed E-state index contributed by atoms with van der Waals surface area (Å²) in [5.41, 5.74) is 3.69. The van der Waals surface area contributed by atoms with E-state index in [1.807, 2.05) is 38.1 Å². The minimum Gasteiger partial charge on any atom is -0.462 e. The van der Waals surface area contributed by atoms with Crippen LogP contribution in [0, 0.1) is 20.8 Å². The van der Waals surface area contributed by atoms with Crippen LogP contribution in [0.2, 0.25) is 0 Å². The van der Waals surface area contributed by atoms with Crippen LogP contribution in [-0.4, -0.2) is 41.8 Å². The van der Waals surface area contributed by atoms with Crippen LogP contribution in [0.1, 0.15) is 50.6 Å². The number of aromatic nitrogens is 1. The molecule has 7 nitrogen and oxygen atoms in total. The predicted octanol–water partition coefficient (Wildman–Crippen LogP) is 5.31. The second-order valence-electron chi connectivity index (χ2n) is 7.29. The van der Waals surface area contributed by atoms with Crippen LogP contribution >= 0.6 is 23.1 Å². The second-order valence-corrected chi connectivity index (χ2v) is 9.30. The molecule has 0 atom stereocenters. The highest BCUT2D eigenvalue weighted by Gasteiger charge is 2.27. The quantitative estimate of drug-likeness (QED) is 0.341. The zero-order valence-corrected chi connectivity index (χ0v) is 20.9. The topological polar surface area (TPSA) is 94.6 Å². The number of hydrogen-bond acceptors (Lipinski definition) is 8. The van der Waals surface area contributed by atoms with Crippen molar-refractivity contribution in [2.24, 2.45) is 0 Å². The van der Waals surface area contributed by atoms with Gasteiger partial charge in [-0.15, -0.1) is 11.3 Å². The van der Waals surface area contributed by atoms with Crippen molar-refractivity contribution in [3.8, 4) is 0 Å². The lowest BCUT2D eigenvalue weighted by Gasteiger charge is -2.09. The molecule has 0 radical (unpaired) electrons. The molecule has 0 fully saturated rings. The van der Waals surface area contributed by atoms with Crippen LogP contribution < -0.4 is 5.32 Å². The molecule has 0 unspecified atom stereocenters. The Kier molecular flexibility index (Phi) is 8.10. The van der Waals surface area contributed by atoms with E-state index < -0.39 is 11.9 Å². The molecule has 3 rings (SSSR count). The zero-order chi connectivity index (χ0) is 24.1. The van der Waals surface area contributed by atoms with Crippen molar-refractivity contribution in [2.45, 2.75) is 39.6 Å². The number of rotatable bonds is 8. The van der Waals surface area contributed by atoms with Gasteiger partial charge in [-0.1, -0.05) is 30.0 Å². The average molecular weight is 487 g/mol. The van der Waals surface area contributed by atoms with Gasteiger partial charge < -0.3 is 14.8 Å². The summed E-state index contributed by atoms with van der Waals surface area (Å²) in [5, 5.41) is 4.87. The van der Waals surface area contributed by atoms with Crippen LogP contribution in [0.3, 0.4) is 0 Å². The maximum absolute atomic E-state index is 12.7. The molecule has 0 saturated heterocycles. The molecule has 0 bridgehead atoms. The fraction of sp³-hybridized carbons (Fsp3) is 0.333. The first kappa shape index (κ1) is 24.7. The molecule has 3 aromatic rings. The van der Waals surface area contributed by atoms with Crippen molar-refractivity contribution in [3.63, 3.8) is 0 Å². The molecule has 1 aromatic carbocycles. The highest BCUT2D eigenvalue weighted by molar-refractivity contribution is 7.99. The van der Waals surface area contributed by atoms with E-state index in [-0.39, 0.29) is 40.3 Å². The van der Waals surface area contributed by atoms with E-state index in [1.165, 1.54) is 11.8 Å². The van der Waals surface area contributed by atoms with E-state index in [4.69, 9.17) is 14.5 Å². The number of nitrogens with zero attached hydrogens (tertiary/aromatic N) is 1. The number of fused-ring (bicyclic) bond motifs is 1. The molecule has 0 spiro atoms. The summed E-state index contributed by atoms with van der Waals surface area (Å²) in [6.45, 7) is 9.46. The van der Waals surface area contributed by atoms with Crippen LogP contribution in [-0.2, 0) is 14.3 Å². The summed E-state index contributed by atoms with van der Waals surface area (Å²) in [6.07, 6.45) is 0. The van der Waals surface area contributed by atoms with Gasteiger partial charge in [-0.25, -0.2) is 14.6 Å². The maximum Gasteiger partial charge on any atom is 0.348 e. The van der Waals surface area contributed by atoms with Crippen molar-refractivity contribution in [1.82, 2.24) is 4.98 Å². The number of benzene rings is 1. The van der Waals surface area contributed by atoms with Gasteiger partial charge in [-0.3, -0.25) is 4.79 Å². The van der Waals surface area contributed by atoms with Gasteiger partial charge in [-0.05, 0) is 57.4 Å². The number of thioether (sulfide) groups is 1. The van der Waals surface area contributed by atoms with E-state index in [9.17, 15) is 14.4 Å². The number of esters is 2. The summed E-state index contributed by atoms with van der Waals surface area (Å²) >= 11 is 2.32. The SMILES string of the molecule is CCOC(=O)c1sc(NC(=O)CSc2cc(C)c3cccc(C)c3n2)c(C(=O)OCC)c1C. The van der Waals surface area contributed by atoms with E-state index in [0.717, 1.165) is 38.4 Å². The molecule has 0 saturated carbocycles. The van der Waals surface area contributed by atoms with Gasteiger partial charge in [-0.2, -0.15) is 0 Å². The molecule has 9 heteroatoms. The molecule has 1 N–H and O–H groups in total. The fourth-order valence-corrected chi connectivity index (χ4v) is 5.22. The molecule has 2 aromatic heterocycles. The molecule has 33 heavy (non-hydrogen) atoms. The Morgan fingerprint density at radius 2 is 1.73 bits per heavy atom. The normalized spacial score (nSPS) is 10.8. The van der Waals surface area contributed by atoms with E-state index in [0.29, 0.717) is 5.56 Å². The standard InChI is InChI=1S/C24H26N2O5S2/c1-6-30-23(28)19-15(5)21(24(29)31-7-2)33-22(19)25-17(27)12-32-18-11-14(4)16-10-8-9-13(3)20(16)26-18/h8-11H,6-7,12H2,1-5H3,(H,25,27). The number of carbonyl (C=O) groups excluding carboxylic acids is 3. The van der Waals surface area contributed by atoms with Crippen LogP contribution in [0.5, 0.6) is 0 Å². The smallest absolute Gasteiger partial charge is 0.348 e. The first-order valence-corrected chi connectivity index (χ1v) is 12.3. The van der Waals surface area contributed by atoms with Gasteiger partial charge in [0.2, 0.25) is 5.91 Å². The third-order valence-corrected chi connectivity index (χ3v) is 7.01. The molecule has 2 heterocycles. The number of hydrogen-bond donors (Lipinski definition) is 1. The number of pyridine rings is 1. The van der Waals surface area contributed by atoms with E-state index in [1.54, 1.807) is 20.8 Å². The summed E-state index contributed by atoms with van der Waals surface area (Å²) in [5.74, 6) is -1.34. The minimum absolute atomic E-state index is 0.0950. The summed E-state index contributed by atoms with van der Waals surface area (Å²) in [4.78, 5) is 42.5. The van der Waals surface area contributed by atoms with Gasteiger partial charge in [0.1, 0.15) is 9.88 Å². The Labute approximate surface area is 200 Å². The van der Waals surface area contributed by atoms with Crippen molar-refractivity contribution in [3.05, 3.63) is 51.4 Å². The van der Waals surface area contributed by atoms with Crippen molar-refractivity contribution >= 4 is 56.8 Å². The van der Waals surface area contributed by atoms with Crippen molar-refractivity contribution in [1.29, 1.82) is 0 Å². The Morgan fingerprint density at radius 1 is 1.03 bits per heavy atom. The molecule has 0 aliphatic carbocycles. The fourth-order valence-electron chi connectivity index (χ4n) is 3.35. The number of thiophene rings is 1. The Balaban J connectivity index is 1.80. The lowest BCUT2D eigenvalue weighted by molar-refractivity contribution is -0.113. The molecular weight excluding hydrogens is 460 g/mol. The monoisotopic (exact) mass is 486 g/mol. The largest absolute Gasteiger partial charge is 0.462 e. The van der Waals surface area contributed by atoms with Gasteiger partial charge in [0.25, 0.3) is 0 Å². The molecule has 0 aliphatic heterocycles. The Bertz CT molecular complexity index is 1220. The zero-order valence-electron chi connectivity index (χ0n) is 19.2. The average Bonchev–Trinajstić information content (AvgIpc) is 3.09. The maximum atomic E-state index is 12.7. The van der Waals surface area contributed by atoms with Gasteiger partial charge in [0.05, 0.1) is 35.1 Å². The highest BCUT2D eigenvalue weighted by atomic mass is 32.2. The van der Waals surface area contributed by atoms with Crippen LogP contribution in [0.25, 0.3) is 10.9 Å². The number of nitrogens with one attached hydrogen (secondary N) is 1. The minimum atomic E-state index is -0.591. The summed E-state index contributed by atoms with van der Waals surface area (Å²) in [6, 6.07) is 8.00. The molecule has 174 valence electrons. The van der Waals surface area contributed by atoms with Crippen LogP contribution in [0.4, 0.5) is 5.00 Å². The first-order chi connectivity index (χ1) is 15.8. The summed E-state index contributed by atoms with van der Waals surface area (Å²) < 4.78 is 10.2. The molecular formula is C24H26N2O5S2. The summed E-state index contributed by atoms with van der Waals surface area (Å²) in [7, 11) is 0. The lowest BCUT2D eigenvalue weighted by atomic mass is 10.1. The third kappa shape index (κ3) is 5.54. The predicted molar refractivity (Wildman–Crippen MR) is 132 cm³/mol. The number of amides is 1. The highest BCUT2D eigenvalue weighted by Crippen LogP contribution is 2.35. The van der Waals surface area contributed by atoms with Crippen molar-refractivity contribution < 1.29 is 23.9 Å².